The molecule has 3 fully saturated rings. The Labute approximate surface area is 165 Å². The molecule has 0 spiro atoms. The number of carbonyl (C=O) groups excluding carboxylic acids is 1. The smallest absolute Gasteiger partial charge is 0.274 e. The fourth-order valence-corrected chi connectivity index (χ4v) is 4.71. The quantitative estimate of drug-likeness (QED) is 0.706. The Morgan fingerprint density at radius 3 is 2.82 bits per heavy atom. The highest BCUT2D eigenvalue weighted by atomic mass is 16.2. The lowest BCUT2D eigenvalue weighted by atomic mass is 9.94. The predicted molar refractivity (Wildman–Crippen MR) is 109 cm³/mol. The van der Waals surface area contributed by atoms with Gasteiger partial charge in [0.25, 0.3) is 5.91 Å². The van der Waals surface area contributed by atoms with Crippen LogP contribution in [0.5, 0.6) is 0 Å². The summed E-state index contributed by atoms with van der Waals surface area (Å²) >= 11 is 0. The molecule has 0 unspecified atom stereocenters. The summed E-state index contributed by atoms with van der Waals surface area (Å²) in [4.78, 5) is 22.4. The third-order valence-corrected chi connectivity index (χ3v) is 6.18. The maximum Gasteiger partial charge on any atom is 0.274 e. The first-order chi connectivity index (χ1) is 13.7. The summed E-state index contributed by atoms with van der Waals surface area (Å²) in [5.74, 6) is 0.616. The summed E-state index contributed by atoms with van der Waals surface area (Å²) in [7, 11) is 0. The first kappa shape index (κ1) is 17.4. The van der Waals surface area contributed by atoms with E-state index in [0.29, 0.717) is 17.7 Å². The van der Waals surface area contributed by atoms with E-state index in [1.807, 2.05) is 40.8 Å². The minimum Gasteiger partial charge on any atom is -0.335 e. The van der Waals surface area contributed by atoms with Crippen LogP contribution in [0.4, 0.5) is 0 Å². The number of benzene rings is 1. The van der Waals surface area contributed by atoms with Gasteiger partial charge in [0.2, 0.25) is 0 Å². The maximum absolute atomic E-state index is 13.2. The van der Waals surface area contributed by atoms with E-state index >= 15 is 0 Å². The van der Waals surface area contributed by atoms with Crippen molar-refractivity contribution in [2.75, 3.05) is 19.6 Å². The normalized spacial score (nSPS) is 22.5. The van der Waals surface area contributed by atoms with Crippen molar-refractivity contribution < 1.29 is 4.79 Å². The number of aromatic nitrogens is 2. The summed E-state index contributed by atoms with van der Waals surface area (Å²) in [5, 5.41) is 0. The van der Waals surface area contributed by atoms with Gasteiger partial charge in [-0.15, -0.1) is 0 Å². The molecule has 28 heavy (non-hydrogen) atoms. The number of piperidine rings is 1. The average molecular weight is 374 g/mol. The number of nitrogens with zero attached hydrogens (tertiary/aromatic N) is 4. The molecule has 144 valence electrons. The van der Waals surface area contributed by atoms with Gasteiger partial charge >= 0.3 is 0 Å². The number of hydrogen-bond donors (Lipinski definition) is 0. The van der Waals surface area contributed by atoms with E-state index in [2.05, 4.69) is 40.2 Å². The van der Waals surface area contributed by atoms with Crippen LogP contribution >= 0.6 is 0 Å². The van der Waals surface area contributed by atoms with Crippen LogP contribution in [0.1, 0.15) is 34.5 Å². The van der Waals surface area contributed by atoms with Crippen molar-refractivity contribution >= 4 is 11.6 Å². The second kappa shape index (κ2) is 7.06. The minimum absolute atomic E-state index is 0.0693. The number of aryl methyl sites for hydroxylation is 1. The summed E-state index contributed by atoms with van der Waals surface area (Å²) in [6.45, 7) is 5.73. The molecular weight excluding hydrogens is 348 g/mol. The molecule has 5 nitrogen and oxygen atoms in total. The number of pyridine rings is 1. The predicted octanol–water partition coefficient (Wildman–Crippen LogP) is 3.38. The van der Waals surface area contributed by atoms with Gasteiger partial charge in [-0.2, -0.15) is 0 Å². The molecule has 5 heteroatoms. The molecular formula is C23H26N4O. The molecule has 1 aromatic carbocycles. The van der Waals surface area contributed by atoms with Crippen molar-refractivity contribution in [1.29, 1.82) is 0 Å². The molecule has 3 aliphatic rings. The lowest BCUT2D eigenvalue weighted by Crippen LogP contribution is -2.43. The topological polar surface area (TPSA) is 40.9 Å². The number of imidazole rings is 1. The lowest BCUT2D eigenvalue weighted by Gasteiger charge is -2.36. The van der Waals surface area contributed by atoms with E-state index in [9.17, 15) is 4.79 Å². The van der Waals surface area contributed by atoms with Gasteiger partial charge in [0, 0.05) is 44.6 Å². The zero-order valence-corrected chi connectivity index (χ0v) is 16.3. The largest absolute Gasteiger partial charge is 0.335 e. The van der Waals surface area contributed by atoms with Gasteiger partial charge in [0.1, 0.15) is 11.3 Å². The zero-order chi connectivity index (χ0) is 19.1. The molecule has 2 aromatic heterocycles. The first-order valence-electron chi connectivity index (χ1n) is 10.2. The van der Waals surface area contributed by atoms with Gasteiger partial charge in [-0.25, -0.2) is 4.98 Å². The monoisotopic (exact) mass is 374 g/mol. The van der Waals surface area contributed by atoms with Gasteiger partial charge in [0.05, 0.1) is 0 Å². The van der Waals surface area contributed by atoms with Crippen molar-refractivity contribution in [1.82, 2.24) is 19.2 Å². The summed E-state index contributed by atoms with van der Waals surface area (Å²) in [5.41, 5.74) is 3.90. The highest BCUT2D eigenvalue weighted by Crippen LogP contribution is 2.30. The molecule has 1 amide bonds. The third-order valence-electron chi connectivity index (χ3n) is 6.18. The van der Waals surface area contributed by atoms with E-state index < -0.39 is 0 Å². The minimum atomic E-state index is 0.0693. The molecule has 0 radical (unpaired) electrons. The van der Waals surface area contributed by atoms with Crippen molar-refractivity contribution in [3.8, 4) is 0 Å². The lowest BCUT2D eigenvalue weighted by molar-refractivity contribution is 0.0731. The van der Waals surface area contributed by atoms with Gasteiger partial charge in [-0.05, 0) is 48.9 Å². The second-order valence-corrected chi connectivity index (χ2v) is 8.32. The van der Waals surface area contributed by atoms with E-state index in [0.717, 1.165) is 37.4 Å². The second-order valence-electron chi connectivity index (χ2n) is 8.32. The highest BCUT2D eigenvalue weighted by Gasteiger charge is 2.37. The van der Waals surface area contributed by atoms with Crippen LogP contribution in [-0.2, 0) is 6.54 Å². The zero-order valence-electron chi connectivity index (χ0n) is 16.3. The molecule has 5 heterocycles. The van der Waals surface area contributed by atoms with E-state index in [4.69, 9.17) is 0 Å². The van der Waals surface area contributed by atoms with E-state index in [-0.39, 0.29) is 5.91 Å². The SMILES string of the molecule is Cc1ccn2cc(C(=O)N3C[C@@H]4CC[C@H](C3)N(Cc3ccccc3)C4)nc2c1. The van der Waals surface area contributed by atoms with Crippen LogP contribution < -0.4 is 0 Å². The molecule has 2 atom stereocenters. The average Bonchev–Trinajstić information content (AvgIpc) is 2.90. The van der Waals surface area contributed by atoms with Gasteiger partial charge in [0.15, 0.2) is 0 Å². The van der Waals surface area contributed by atoms with Crippen LogP contribution in [-0.4, -0.2) is 50.8 Å². The molecule has 0 saturated carbocycles. The van der Waals surface area contributed by atoms with E-state index in [1.54, 1.807) is 0 Å². The Morgan fingerprint density at radius 1 is 1.11 bits per heavy atom. The number of fused-ring (bicyclic) bond motifs is 5. The molecule has 6 rings (SSSR count). The van der Waals surface area contributed by atoms with Crippen molar-refractivity contribution in [3.63, 3.8) is 0 Å². The van der Waals surface area contributed by atoms with Crippen LogP contribution in [0.15, 0.2) is 54.9 Å². The van der Waals surface area contributed by atoms with Gasteiger partial charge < -0.3 is 9.30 Å². The summed E-state index contributed by atoms with van der Waals surface area (Å²) in [6, 6.07) is 15.1. The Bertz CT molecular complexity index is 996. The van der Waals surface area contributed by atoms with Gasteiger partial charge in [-0.1, -0.05) is 30.3 Å². The molecule has 3 aliphatic heterocycles. The van der Waals surface area contributed by atoms with E-state index in [1.165, 1.54) is 18.4 Å². The Kier molecular flexibility index (Phi) is 4.40. The number of carbonyl (C=O) groups is 1. The Hall–Kier alpha value is -2.66. The molecule has 0 N–H and O–H groups in total. The standard InChI is InChI=1S/C23H26N4O/c1-17-9-10-25-16-21(24-22(25)11-17)23(28)27-14-19-7-8-20(15-27)26(13-19)12-18-5-3-2-4-6-18/h2-6,9-11,16,19-20H,7-8,12-15H2,1H3/t19-,20-/m1/s1. The van der Waals surface area contributed by atoms with Crippen LogP contribution in [0.3, 0.4) is 0 Å². The molecule has 3 aromatic rings. The number of hydrogen-bond acceptors (Lipinski definition) is 3. The fraction of sp³-hybridized carbons (Fsp3) is 0.391. The first-order valence-corrected chi connectivity index (χ1v) is 10.2. The highest BCUT2D eigenvalue weighted by molar-refractivity contribution is 5.93. The molecule has 3 saturated heterocycles. The fourth-order valence-electron chi connectivity index (χ4n) is 4.71. The van der Waals surface area contributed by atoms with Crippen LogP contribution in [0, 0.1) is 12.8 Å². The van der Waals surface area contributed by atoms with Crippen molar-refractivity contribution in [3.05, 3.63) is 71.7 Å². The van der Waals surface area contributed by atoms with Crippen molar-refractivity contribution in [2.24, 2.45) is 5.92 Å². The Balaban J connectivity index is 1.35. The number of rotatable bonds is 3. The summed E-state index contributed by atoms with van der Waals surface area (Å²) in [6.07, 6.45) is 6.23. The third kappa shape index (κ3) is 3.31. The van der Waals surface area contributed by atoms with Crippen molar-refractivity contribution in [2.45, 2.75) is 32.4 Å². The Morgan fingerprint density at radius 2 is 1.96 bits per heavy atom. The summed E-state index contributed by atoms with van der Waals surface area (Å²) < 4.78 is 1.94. The van der Waals surface area contributed by atoms with Crippen LogP contribution in [0.25, 0.3) is 5.65 Å². The van der Waals surface area contributed by atoms with Gasteiger partial charge in [-0.3, -0.25) is 9.69 Å². The number of amides is 1. The van der Waals surface area contributed by atoms with Crippen LogP contribution in [0.2, 0.25) is 0 Å². The maximum atomic E-state index is 13.2. The molecule has 0 aliphatic carbocycles. The molecule has 2 bridgehead atoms.